The van der Waals surface area contributed by atoms with Gasteiger partial charge in [-0.3, -0.25) is 4.79 Å². The number of hydrogen-bond acceptors (Lipinski definition) is 9. The van der Waals surface area contributed by atoms with Crippen LogP contribution in [0.3, 0.4) is 0 Å². The summed E-state index contributed by atoms with van der Waals surface area (Å²) in [6.07, 6.45) is 1.45. The molecule has 0 aliphatic carbocycles. The van der Waals surface area contributed by atoms with Crippen molar-refractivity contribution in [3.63, 3.8) is 0 Å². The van der Waals surface area contributed by atoms with Gasteiger partial charge in [-0.15, -0.1) is 0 Å². The quantitative estimate of drug-likeness (QED) is 0.307. The Morgan fingerprint density at radius 3 is 2.43 bits per heavy atom. The topological polar surface area (TPSA) is 93.4 Å². The fraction of sp³-hybridized carbons (Fsp3) is 0.526. The summed E-state index contributed by atoms with van der Waals surface area (Å²) in [6, 6.07) is 5.34. The van der Waals surface area contributed by atoms with Crippen LogP contribution in [0.15, 0.2) is 17.1 Å². The van der Waals surface area contributed by atoms with Crippen molar-refractivity contribution in [1.29, 1.82) is 5.26 Å². The molecule has 1 aliphatic rings. The number of benzene rings is 1. The van der Waals surface area contributed by atoms with Crippen LogP contribution in [0.5, 0.6) is 11.5 Å². The zero-order valence-electron chi connectivity index (χ0n) is 16.6. The van der Waals surface area contributed by atoms with Crippen LogP contribution in [0, 0.1) is 17.2 Å². The molecule has 0 aromatic heterocycles. The minimum absolute atomic E-state index is 0.0595. The largest absolute Gasteiger partial charge is 0.493 e. The van der Waals surface area contributed by atoms with Crippen molar-refractivity contribution < 1.29 is 23.7 Å². The van der Waals surface area contributed by atoms with Gasteiger partial charge in [-0.05, 0) is 19.8 Å². The lowest BCUT2D eigenvalue weighted by molar-refractivity contribution is -0.149. The lowest BCUT2D eigenvalue weighted by Crippen LogP contribution is -2.34. The average molecular weight is 407 g/mol. The maximum atomic E-state index is 11.9. The maximum absolute atomic E-state index is 11.9. The second kappa shape index (κ2) is 10.8. The van der Waals surface area contributed by atoms with Crippen molar-refractivity contribution in [2.24, 2.45) is 10.9 Å². The van der Waals surface area contributed by atoms with Gasteiger partial charge in [0.2, 0.25) is 0 Å². The van der Waals surface area contributed by atoms with E-state index in [0.717, 1.165) is 12.8 Å². The SMILES string of the molecule is CCOC(=O)C1CCN(S/C(=N/c2cc(OC)c(OC)cc2C#N)OC)CC1. The number of nitriles is 1. The number of rotatable bonds is 6. The van der Waals surface area contributed by atoms with Gasteiger partial charge in [0.1, 0.15) is 6.07 Å². The Labute approximate surface area is 169 Å². The molecule has 1 aliphatic heterocycles. The second-order valence-corrected chi connectivity index (χ2v) is 7.01. The van der Waals surface area contributed by atoms with E-state index in [2.05, 4.69) is 15.4 Å². The van der Waals surface area contributed by atoms with E-state index in [1.54, 1.807) is 12.1 Å². The fourth-order valence-corrected chi connectivity index (χ4v) is 3.63. The highest BCUT2D eigenvalue weighted by atomic mass is 32.2. The van der Waals surface area contributed by atoms with E-state index >= 15 is 0 Å². The first-order valence-electron chi connectivity index (χ1n) is 8.94. The van der Waals surface area contributed by atoms with Crippen LogP contribution in [-0.2, 0) is 14.3 Å². The van der Waals surface area contributed by atoms with Crippen molar-refractivity contribution in [2.75, 3.05) is 41.0 Å². The normalized spacial score (nSPS) is 15.6. The van der Waals surface area contributed by atoms with Gasteiger partial charge in [-0.25, -0.2) is 9.30 Å². The minimum atomic E-state index is -0.128. The Kier molecular flexibility index (Phi) is 8.42. The number of ether oxygens (including phenoxy) is 4. The third kappa shape index (κ3) is 5.53. The van der Waals surface area contributed by atoms with Gasteiger partial charge in [-0.2, -0.15) is 5.26 Å². The third-order valence-corrected chi connectivity index (χ3v) is 5.33. The molecule has 0 radical (unpaired) electrons. The zero-order valence-corrected chi connectivity index (χ0v) is 17.4. The van der Waals surface area contributed by atoms with E-state index in [4.69, 9.17) is 18.9 Å². The molecule has 0 atom stereocenters. The van der Waals surface area contributed by atoms with Gasteiger partial charge >= 0.3 is 5.97 Å². The predicted molar refractivity (Wildman–Crippen MR) is 107 cm³/mol. The van der Waals surface area contributed by atoms with E-state index in [1.165, 1.54) is 33.3 Å². The summed E-state index contributed by atoms with van der Waals surface area (Å²) in [5.74, 6) is 0.758. The number of hydrogen-bond donors (Lipinski definition) is 0. The van der Waals surface area contributed by atoms with Crippen molar-refractivity contribution >= 4 is 28.8 Å². The highest BCUT2D eigenvalue weighted by Gasteiger charge is 2.27. The van der Waals surface area contributed by atoms with E-state index in [9.17, 15) is 10.1 Å². The molecule has 2 rings (SSSR count). The third-order valence-electron chi connectivity index (χ3n) is 4.29. The monoisotopic (exact) mass is 407 g/mol. The number of nitrogens with zero attached hydrogens (tertiary/aromatic N) is 3. The molecule has 1 aromatic carbocycles. The lowest BCUT2D eigenvalue weighted by atomic mass is 9.98. The van der Waals surface area contributed by atoms with Crippen LogP contribution in [-0.4, -0.2) is 56.5 Å². The highest BCUT2D eigenvalue weighted by molar-refractivity contribution is 8.11. The zero-order chi connectivity index (χ0) is 20.5. The van der Waals surface area contributed by atoms with Crippen LogP contribution < -0.4 is 9.47 Å². The smallest absolute Gasteiger partial charge is 0.309 e. The Bertz CT molecular complexity index is 755. The van der Waals surface area contributed by atoms with Gasteiger partial charge in [0.25, 0.3) is 5.23 Å². The van der Waals surface area contributed by atoms with Crippen molar-refractivity contribution in [3.8, 4) is 17.6 Å². The molecule has 1 heterocycles. The molecule has 0 spiro atoms. The number of carbonyl (C=O) groups is 1. The fourth-order valence-electron chi connectivity index (χ4n) is 2.81. The predicted octanol–water partition coefficient (Wildman–Crippen LogP) is 3.13. The van der Waals surface area contributed by atoms with Crippen molar-refractivity contribution in [3.05, 3.63) is 17.7 Å². The molecular formula is C19H25N3O5S. The van der Waals surface area contributed by atoms with Gasteiger partial charge in [-0.1, -0.05) is 0 Å². The van der Waals surface area contributed by atoms with Crippen LogP contribution in [0.4, 0.5) is 5.69 Å². The highest BCUT2D eigenvalue weighted by Crippen LogP contribution is 2.35. The molecule has 1 fully saturated rings. The summed E-state index contributed by atoms with van der Waals surface area (Å²) >= 11 is 1.36. The van der Waals surface area contributed by atoms with E-state index in [1.807, 2.05) is 6.92 Å². The summed E-state index contributed by atoms with van der Waals surface area (Å²) in [7, 11) is 4.57. The van der Waals surface area contributed by atoms with Gasteiger partial charge in [0.15, 0.2) is 11.5 Å². The van der Waals surface area contributed by atoms with E-state index < -0.39 is 0 Å². The summed E-state index contributed by atoms with van der Waals surface area (Å²) < 4.78 is 23.1. The standard InChI is InChI=1S/C19H25N3O5S/c1-5-27-18(23)13-6-8-22(9-7-13)28-19(26-4)21-15-11-17(25-3)16(24-2)10-14(15)12-20/h10-11,13H,5-9H2,1-4H3/b21-19+. The molecule has 0 bridgehead atoms. The van der Waals surface area contributed by atoms with E-state index in [-0.39, 0.29) is 11.9 Å². The molecule has 0 amide bonds. The molecule has 0 N–H and O–H groups in total. The van der Waals surface area contributed by atoms with Crippen LogP contribution in [0.2, 0.25) is 0 Å². The molecule has 1 saturated heterocycles. The molecule has 152 valence electrons. The molecule has 0 saturated carbocycles. The van der Waals surface area contributed by atoms with Crippen LogP contribution >= 0.6 is 11.9 Å². The Hall–Kier alpha value is -2.44. The molecule has 8 nitrogen and oxygen atoms in total. The van der Waals surface area contributed by atoms with Crippen LogP contribution in [0.1, 0.15) is 25.3 Å². The number of piperidine rings is 1. The molecule has 0 unspecified atom stereocenters. The number of carbonyl (C=O) groups excluding carboxylic acids is 1. The Morgan fingerprint density at radius 2 is 1.89 bits per heavy atom. The molecule has 28 heavy (non-hydrogen) atoms. The first-order chi connectivity index (χ1) is 13.6. The minimum Gasteiger partial charge on any atom is -0.493 e. The van der Waals surface area contributed by atoms with Crippen LogP contribution in [0.25, 0.3) is 0 Å². The van der Waals surface area contributed by atoms with Gasteiger partial charge in [0.05, 0.1) is 45.1 Å². The first-order valence-corrected chi connectivity index (χ1v) is 9.71. The Morgan fingerprint density at radius 1 is 1.25 bits per heavy atom. The molecular weight excluding hydrogens is 382 g/mol. The van der Waals surface area contributed by atoms with Crippen molar-refractivity contribution in [2.45, 2.75) is 19.8 Å². The van der Waals surface area contributed by atoms with Gasteiger partial charge < -0.3 is 18.9 Å². The average Bonchev–Trinajstić information content (AvgIpc) is 2.73. The molecule has 1 aromatic rings. The number of esters is 1. The molecule has 9 heteroatoms. The Balaban J connectivity index is 2.11. The summed E-state index contributed by atoms with van der Waals surface area (Å²) in [4.78, 5) is 16.3. The first kappa shape index (κ1) is 21.9. The lowest BCUT2D eigenvalue weighted by Gasteiger charge is -2.29. The summed E-state index contributed by atoms with van der Waals surface area (Å²) in [5, 5.41) is 9.82. The summed E-state index contributed by atoms with van der Waals surface area (Å²) in [5.41, 5.74) is 0.791. The number of methoxy groups -OCH3 is 3. The summed E-state index contributed by atoms with van der Waals surface area (Å²) in [6.45, 7) is 3.65. The number of aliphatic imine (C=N–C) groups is 1. The van der Waals surface area contributed by atoms with Crippen molar-refractivity contribution in [1.82, 2.24) is 4.31 Å². The van der Waals surface area contributed by atoms with Gasteiger partial charge in [0, 0.05) is 37.2 Å². The van der Waals surface area contributed by atoms with E-state index in [0.29, 0.717) is 47.7 Å². The maximum Gasteiger partial charge on any atom is 0.309 e. The second-order valence-electron chi connectivity index (χ2n) is 5.96.